The van der Waals surface area contributed by atoms with E-state index in [4.69, 9.17) is 0 Å². The van der Waals surface area contributed by atoms with Gasteiger partial charge in [-0.2, -0.15) is 5.06 Å². The number of H-pyrrole nitrogens is 1. The van der Waals surface area contributed by atoms with Crippen LogP contribution in [0.25, 0.3) is 10.9 Å². The summed E-state index contributed by atoms with van der Waals surface area (Å²) in [4.78, 5) is 3.50. The third-order valence-corrected chi connectivity index (χ3v) is 3.83. The first-order valence-corrected chi connectivity index (χ1v) is 6.72. The maximum atomic E-state index is 10.1. The molecule has 0 saturated heterocycles. The van der Waals surface area contributed by atoms with E-state index >= 15 is 0 Å². The predicted molar refractivity (Wildman–Crippen MR) is 72.7 cm³/mol. The van der Waals surface area contributed by atoms with Gasteiger partial charge in [-0.3, -0.25) is 0 Å². The molecule has 3 heteroatoms. The Balaban J connectivity index is 2.10. The van der Waals surface area contributed by atoms with E-state index in [0.717, 1.165) is 19.4 Å². The van der Waals surface area contributed by atoms with Crippen molar-refractivity contribution in [3.8, 4) is 0 Å². The van der Waals surface area contributed by atoms with Crippen LogP contribution >= 0.6 is 0 Å². The average molecular weight is 244 g/mol. The van der Waals surface area contributed by atoms with Crippen molar-refractivity contribution in [2.45, 2.75) is 32.7 Å². The summed E-state index contributed by atoms with van der Waals surface area (Å²) < 4.78 is 0. The molecule has 18 heavy (non-hydrogen) atoms. The zero-order valence-corrected chi connectivity index (χ0v) is 11.0. The summed E-state index contributed by atoms with van der Waals surface area (Å²) in [6.45, 7) is 5.13. The van der Waals surface area contributed by atoms with Crippen LogP contribution in [0.3, 0.4) is 0 Å². The first-order chi connectivity index (χ1) is 8.66. The van der Waals surface area contributed by atoms with Gasteiger partial charge in [-0.1, -0.05) is 32.0 Å². The fraction of sp³-hybridized carbons (Fsp3) is 0.467. The van der Waals surface area contributed by atoms with Crippen LogP contribution in [0.4, 0.5) is 0 Å². The van der Waals surface area contributed by atoms with E-state index in [2.05, 4.69) is 43.1 Å². The normalized spacial score (nSPS) is 20.6. The van der Waals surface area contributed by atoms with Gasteiger partial charge >= 0.3 is 0 Å². The number of para-hydroxylation sites is 1. The lowest BCUT2D eigenvalue weighted by Crippen LogP contribution is -2.33. The van der Waals surface area contributed by atoms with Gasteiger partial charge in [-0.15, -0.1) is 0 Å². The number of hydrogen-bond acceptors (Lipinski definition) is 2. The fourth-order valence-corrected chi connectivity index (χ4v) is 2.99. The van der Waals surface area contributed by atoms with Crippen LogP contribution < -0.4 is 0 Å². The summed E-state index contributed by atoms with van der Waals surface area (Å²) in [5, 5.41) is 12.9. The van der Waals surface area contributed by atoms with Gasteiger partial charge in [0.05, 0.1) is 6.04 Å². The molecule has 96 valence electrons. The SMILES string of the molecule is CC(C)C[C@H]1c2[nH]c3ccccc3c2CCN1O. The molecule has 0 fully saturated rings. The number of nitrogens with one attached hydrogen (secondary N) is 1. The first-order valence-electron chi connectivity index (χ1n) is 6.72. The molecular formula is C15H20N2O. The number of benzene rings is 1. The van der Waals surface area contributed by atoms with Crippen molar-refractivity contribution in [1.29, 1.82) is 0 Å². The molecule has 0 unspecified atom stereocenters. The summed E-state index contributed by atoms with van der Waals surface area (Å²) in [6, 6.07) is 8.53. The quantitative estimate of drug-likeness (QED) is 0.848. The van der Waals surface area contributed by atoms with Crippen molar-refractivity contribution in [1.82, 2.24) is 10.0 Å². The van der Waals surface area contributed by atoms with Crippen molar-refractivity contribution in [3.63, 3.8) is 0 Å². The highest BCUT2D eigenvalue weighted by Crippen LogP contribution is 2.36. The van der Waals surface area contributed by atoms with Gasteiger partial charge in [0.2, 0.25) is 0 Å². The fourth-order valence-electron chi connectivity index (χ4n) is 2.99. The maximum Gasteiger partial charge on any atom is 0.0754 e. The number of hydroxylamine groups is 2. The molecule has 1 aromatic heterocycles. The zero-order chi connectivity index (χ0) is 12.7. The number of aromatic nitrogens is 1. The summed E-state index contributed by atoms with van der Waals surface area (Å²) in [7, 11) is 0. The van der Waals surface area contributed by atoms with Gasteiger partial charge < -0.3 is 10.2 Å². The minimum atomic E-state index is 0.112. The Morgan fingerprint density at radius 2 is 2.17 bits per heavy atom. The molecule has 3 nitrogen and oxygen atoms in total. The Morgan fingerprint density at radius 3 is 2.94 bits per heavy atom. The lowest BCUT2D eigenvalue weighted by Gasteiger charge is -2.31. The van der Waals surface area contributed by atoms with E-state index in [-0.39, 0.29) is 6.04 Å². The van der Waals surface area contributed by atoms with Crippen molar-refractivity contribution < 1.29 is 5.21 Å². The van der Waals surface area contributed by atoms with Gasteiger partial charge in [-0.25, -0.2) is 0 Å². The average Bonchev–Trinajstić information content (AvgIpc) is 2.71. The second-order valence-corrected chi connectivity index (χ2v) is 5.62. The lowest BCUT2D eigenvalue weighted by atomic mass is 9.93. The third kappa shape index (κ3) is 1.84. The highest BCUT2D eigenvalue weighted by molar-refractivity contribution is 5.85. The molecule has 3 rings (SSSR count). The standard InChI is InChI=1S/C15H20N2O/c1-10(2)9-14-15-12(7-8-17(14)18)11-5-3-4-6-13(11)16-15/h3-6,10,14,16,18H,7-9H2,1-2H3/t14-/m0/s1. The Labute approximate surface area is 107 Å². The summed E-state index contributed by atoms with van der Waals surface area (Å²) in [5.41, 5.74) is 3.78. The molecule has 1 aliphatic rings. The van der Waals surface area contributed by atoms with Crippen LogP contribution in [0.1, 0.15) is 37.6 Å². The van der Waals surface area contributed by atoms with E-state index in [1.165, 1.54) is 27.2 Å². The molecule has 0 radical (unpaired) electrons. The van der Waals surface area contributed by atoms with Gasteiger partial charge in [0.25, 0.3) is 0 Å². The van der Waals surface area contributed by atoms with Gasteiger partial charge in [0.15, 0.2) is 0 Å². The maximum absolute atomic E-state index is 10.1. The number of fused-ring (bicyclic) bond motifs is 3. The molecule has 0 bridgehead atoms. The van der Waals surface area contributed by atoms with Crippen LogP contribution in [0.2, 0.25) is 0 Å². The second kappa shape index (κ2) is 4.41. The van der Waals surface area contributed by atoms with Crippen molar-refractivity contribution in [3.05, 3.63) is 35.5 Å². The van der Waals surface area contributed by atoms with Crippen molar-refractivity contribution in [2.24, 2.45) is 5.92 Å². The molecule has 1 atom stereocenters. The number of rotatable bonds is 2. The minimum Gasteiger partial charge on any atom is -0.357 e. The highest BCUT2D eigenvalue weighted by atomic mass is 16.5. The number of nitrogens with zero attached hydrogens (tertiary/aromatic N) is 1. The Morgan fingerprint density at radius 1 is 1.39 bits per heavy atom. The molecule has 2 N–H and O–H groups in total. The predicted octanol–water partition coefficient (Wildman–Crippen LogP) is 3.50. The van der Waals surface area contributed by atoms with E-state index in [0.29, 0.717) is 5.92 Å². The molecule has 0 saturated carbocycles. The van der Waals surface area contributed by atoms with Crippen molar-refractivity contribution >= 4 is 10.9 Å². The largest absolute Gasteiger partial charge is 0.357 e. The number of hydrogen-bond donors (Lipinski definition) is 2. The molecule has 1 aliphatic heterocycles. The monoisotopic (exact) mass is 244 g/mol. The van der Waals surface area contributed by atoms with Crippen molar-refractivity contribution in [2.75, 3.05) is 6.54 Å². The van der Waals surface area contributed by atoms with Crippen LogP contribution in [0, 0.1) is 5.92 Å². The van der Waals surface area contributed by atoms with Crippen LogP contribution in [0.5, 0.6) is 0 Å². The molecule has 0 amide bonds. The summed E-state index contributed by atoms with van der Waals surface area (Å²) in [6.07, 6.45) is 1.90. The van der Waals surface area contributed by atoms with E-state index < -0.39 is 0 Å². The topological polar surface area (TPSA) is 39.3 Å². The zero-order valence-electron chi connectivity index (χ0n) is 11.0. The molecule has 2 heterocycles. The lowest BCUT2D eigenvalue weighted by molar-refractivity contribution is -0.138. The Kier molecular flexibility index (Phi) is 2.88. The molecule has 0 aliphatic carbocycles. The van der Waals surface area contributed by atoms with Crippen LogP contribution in [-0.4, -0.2) is 21.8 Å². The molecule has 2 aromatic rings. The van der Waals surface area contributed by atoms with Gasteiger partial charge in [0.1, 0.15) is 0 Å². The van der Waals surface area contributed by atoms with Gasteiger partial charge in [-0.05, 0) is 30.4 Å². The summed E-state index contributed by atoms with van der Waals surface area (Å²) in [5.74, 6) is 0.571. The van der Waals surface area contributed by atoms with E-state index in [1.807, 2.05) is 0 Å². The Bertz CT molecular complexity index is 559. The number of aromatic amines is 1. The second-order valence-electron chi connectivity index (χ2n) is 5.62. The van der Waals surface area contributed by atoms with Crippen LogP contribution in [-0.2, 0) is 6.42 Å². The van der Waals surface area contributed by atoms with E-state index in [1.54, 1.807) is 0 Å². The summed E-state index contributed by atoms with van der Waals surface area (Å²) >= 11 is 0. The van der Waals surface area contributed by atoms with Gasteiger partial charge in [0, 0.05) is 23.1 Å². The molecule has 0 spiro atoms. The minimum absolute atomic E-state index is 0.112. The molecule has 1 aromatic carbocycles. The van der Waals surface area contributed by atoms with Crippen LogP contribution in [0.15, 0.2) is 24.3 Å². The Hall–Kier alpha value is -1.32. The smallest absolute Gasteiger partial charge is 0.0754 e. The first kappa shape index (κ1) is 11.8. The third-order valence-electron chi connectivity index (χ3n) is 3.83. The molecular weight excluding hydrogens is 224 g/mol. The van der Waals surface area contributed by atoms with E-state index in [9.17, 15) is 5.21 Å². The highest BCUT2D eigenvalue weighted by Gasteiger charge is 2.29.